The largest absolute Gasteiger partial charge is 0.289 e. The van der Waals surface area contributed by atoms with E-state index in [0.717, 1.165) is 44.4 Å². The summed E-state index contributed by atoms with van der Waals surface area (Å²) in [6, 6.07) is 22.4. The van der Waals surface area contributed by atoms with Crippen LogP contribution in [0.1, 0.15) is 27.0 Å². The normalized spacial score (nSPS) is 12.3. The van der Waals surface area contributed by atoms with Crippen LogP contribution in [0.5, 0.6) is 0 Å². The summed E-state index contributed by atoms with van der Waals surface area (Å²) < 4.78 is 0. The lowest BCUT2D eigenvalue weighted by Gasteiger charge is -2.08. The van der Waals surface area contributed by atoms with Crippen molar-refractivity contribution in [2.24, 2.45) is 0 Å². The lowest BCUT2D eigenvalue weighted by atomic mass is 9.99. The van der Waals surface area contributed by atoms with Crippen molar-refractivity contribution in [3.63, 3.8) is 0 Å². The van der Waals surface area contributed by atoms with Crippen molar-refractivity contribution in [3.8, 4) is 22.4 Å². The maximum Gasteiger partial charge on any atom is 0.194 e. The molecule has 3 aromatic carbocycles. The predicted molar refractivity (Wildman–Crippen MR) is 106 cm³/mol. The summed E-state index contributed by atoms with van der Waals surface area (Å²) in [6.07, 6.45) is 0. The molecule has 124 valence electrons. The summed E-state index contributed by atoms with van der Waals surface area (Å²) >= 11 is 0. The number of hydrogen-bond donors (Lipinski definition) is 0. The van der Waals surface area contributed by atoms with Crippen LogP contribution in [0.4, 0.5) is 0 Å². The summed E-state index contributed by atoms with van der Waals surface area (Å²) in [5, 5.41) is 0.928. The molecule has 0 N–H and O–H groups in total. The summed E-state index contributed by atoms with van der Waals surface area (Å²) in [4.78, 5) is 17.8. The van der Waals surface area contributed by atoms with Crippen LogP contribution >= 0.6 is 0 Å². The first kappa shape index (κ1) is 15.0. The van der Waals surface area contributed by atoms with Crippen LogP contribution in [0.25, 0.3) is 33.3 Å². The van der Waals surface area contributed by atoms with E-state index in [1.165, 1.54) is 11.1 Å². The summed E-state index contributed by atoms with van der Waals surface area (Å²) in [7, 11) is 0. The maximum absolute atomic E-state index is 12.9. The maximum atomic E-state index is 12.9. The summed E-state index contributed by atoms with van der Waals surface area (Å²) in [6.45, 7) is 4.20. The van der Waals surface area contributed by atoms with Crippen LogP contribution in [-0.4, -0.2) is 10.8 Å². The Morgan fingerprint density at radius 3 is 2.23 bits per heavy atom. The van der Waals surface area contributed by atoms with Gasteiger partial charge in [0.2, 0.25) is 0 Å². The van der Waals surface area contributed by atoms with Crippen molar-refractivity contribution in [2.45, 2.75) is 13.8 Å². The van der Waals surface area contributed by atoms with Crippen LogP contribution in [0, 0.1) is 13.8 Å². The average molecular weight is 335 g/mol. The van der Waals surface area contributed by atoms with E-state index in [2.05, 4.69) is 32.0 Å². The summed E-state index contributed by atoms with van der Waals surface area (Å²) in [5.41, 5.74) is 8.96. The van der Waals surface area contributed by atoms with Crippen LogP contribution in [0.3, 0.4) is 0 Å². The van der Waals surface area contributed by atoms with Crippen LogP contribution in [0.2, 0.25) is 0 Å². The molecule has 0 amide bonds. The van der Waals surface area contributed by atoms with Gasteiger partial charge < -0.3 is 0 Å². The van der Waals surface area contributed by atoms with Crippen LogP contribution in [-0.2, 0) is 0 Å². The van der Waals surface area contributed by atoms with Gasteiger partial charge in [0.05, 0.1) is 11.2 Å². The molecule has 0 bridgehead atoms. The van der Waals surface area contributed by atoms with Crippen molar-refractivity contribution < 1.29 is 4.79 Å². The molecule has 0 unspecified atom stereocenters. The van der Waals surface area contributed by atoms with Gasteiger partial charge in [0.25, 0.3) is 0 Å². The second kappa shape index (κ2) is 5.37. The number of hydrogen-bond acceptors (Lipinski definition) is 2. The Kier molecular flexibility index (Phi) is 3.10. The number of ketones is 1. The molecule has 4 aromatic rings. The molecule has 0 radical (unpaired) electrons. The number of fused-ring (bicyclic) bond motifs is 5. The minimum Gasteiger partial charge on any atom is -0.289 e. The first-order valence-electron chi connectivity index (χ1n) is 8.78. The van der Waals surface area contributed by atoms with E-state index in [-0.39, 0.29) is 5.78 Å². The van der Waals surface area contributed by atoms with Crippen molar-refractivity contribution in [1.82, 2.24) is 4.98 Å². The Bertz CT molecular complexity index is 1200. The van der Waals surface area contributed by atoms with Crippen molar-refractivity contribution in [2.75, 3.05) is 0 Å². The number of carbonyl (C=O) groups is 1. The topological polar surface area (TPSA) is 30.0 Å². The summed E-state index contributed by atoms with van der Waals surface area (Å²) in [5.74, 6) is 0.0992. The zero-order valence-electron chi connectivity index (χ0n) is 14.7. The van der Waals surface area contributed by atoms with E-state index in [1.54, 1.807) is 0 Å². The van der Waals surface area contributed by atoms with Crippen molar-refractivity contribution in [1.29, 1.82) is 0 Å². The van der Waals surface area contributed by atoms with Gasteiger partial charge in [-0.2, -0.15) is 0 Å². The second-order valence-electron chi connectivity index (χ2n) is 7.00. The minimum absolute atomic E-state index is 0.0992. The number of rotatable bonds is 1. The second-order valence-corrected chi connectivity index (χ2v) is 7.00. The van der Waals surface area contributed by atoms with E-state index in [0.29, 0.717) is 0 Å². The SMILES string of the molecule is Cc1cc(C)cc(-c2ccc3c4c(ccc3n2)-c2ccccc2C4=O)c1. The number of pyridine rings is 1. The van der Waals surface area contributed by atoms with Gasteiger partial charge in [0.1, 0.15) is 0 Å². The Morgan fingerprint density at radius 2 is 1.46 bits per heavy atom. The van der Waals surface area contributed by atoms with Gasteiger partial charge in [0.15, 0.2) is 5.78 Å². The predicted octanol–water partition coefficient (Wildman–Crippen LogP) is 5.73. The lowest BCUT2D eigenvalue weighted by Crippen LogP contribution is -1.97. The third kappa shape index (κ3) is 2.12. The molecule has 0 saturated carbocycles. The number of aryl methyl sites for hydroxylation is 2. The van der Waals surface area contributed by atoms with E-state index in [4.69, 9.17) is 4.98 Å². The fourth-order valence-corrected chi connectivity index (χ4v) is 4.01. The number of aromatic nitrogens is 1. The van der Waals surface area contributed by atoms with Gasteiger partial charge in [0, 0.05) is 22.1 Å². The Hall–Kier alpha value is -3.26. The first-order chi connectivity index (χ1) is 12.6. The van der Waals surface area contributed by atoms with Gasteiger partial charge in [-0.1, -0.05) is 47.5 Å². The van der Waals surface area contributed by atoms with E-state index >= 15 is 0 Å². The fraction of sp³-hybridized carbons (Fsp3) is 0.0833. The van der Waals surface area contributed by atoms with Crippen molar-refractivity contribution >= 4 is 16.7 Å². The molecule has 1 aliphatic carbocycles. The zero-order valence-corrected chi connectivity index (χ0v) is 14.7. The van der Waals surface area contributed by atoms with E-state index < -0.39 is 0 Å². The zero-order chi connectivity index (χ0) is 17.8. The Labute approximate surface area is 152 Å². The smallest absolute Gasteiger partial charge is 0.194 e. The molecule has 0 atom stereocenters. The molecule has 0 spiro atoms. The highest BCUT2D eigenvalue weighted by atomic mass is 16.1. The Balaban J connectivity index is 1.72. The lowest BCUT2D eigenvalue weighted by molar-refractivity contribution is 0.104. The Morgan fingerprint density at radius 1 is 0.731 bits per heavy atom. The van der Waals surface area contributed by atoms with E-state index in [9.17, 15) is 4.79 Å². The molecule has 5 rings (SSSR count). The molecule has 2 heteroatoms. The van der Waals surface area contributed by atoms with E-state index in [1.807, 2.05) is 48.5 Å². The quantitative estimate of drug-likeness (QED) is 0.391. The third-order valence-corrected chi connectivity index (χ3v) is 5.08. The molecule has 1 aromatic heterocycles. The molecule has 1 heterocycles. The highest BCUT2D eigenvalue weighted by Crippen LogP contribution is 2.40. The van der Waals surface area contributed by atoms with Crippen molar-refractivity contribution in [3.05, 3.63) is 89.0 Å². The van der Waals surface area contributed by atoms with Gasteiger partial charge >= 0.3 is 0 Å². The standard InChI is InChI=1S/C24H17NO/c1-14-11-15(2)13-16(12-14)21-9-8-20-22(25-21)10-7-18-17-5-3-4-6-19(17)24(26)23(18)20/h3-13H,1-2H3. The van der Waals surface area contributed by atoms with Crippen LogP contribution in [0.15, 0.2) is 66.7 Å². The third-order valence-electron chi connectivity index (χ3n) is 5.08. The highest BCUT2D eigenvalue weighted by Gasteiger charge is 2.28. The number of nitrogens with zero attached hydrogens (tertiary/aromatic N) is 1. The fourth-order valence-electron chi connectivity index (χ4n) is 4.01. The van der Waals surface area contributed by atoms with Crippen LogP contribution < -0.4 is 0 Å². The molecular formula is C24H17NO. The van der Waals surface area contributed by atoms with Gasteiger partial charge in [-0.25, -0.2) is 4.98 Å². The molecule has 1 aliphatic rings. The number of carbonyl (C=O) groups excluding carboxylic acids is 1. The molecule has 2 nitrogen and oxygen atoms in total. The molecule has 26 heavy (non-hydrogen) atoms. The molecule has 0 fully saturated rings. The van der Waals surface area contributed by atoms with Gasteiger partial charge in [-0.05, 0) is 55.3 Å². The highest BCUT2D eigenvalue weighted by molar-refractivity contribution is 6.27. The monoisotopic (exact) mass is 335 g/mol. The average Bonchev–Trinajstić information content (AvgIpc) is 2.94. The van der Waals surface area contributed by atoms with Gasteiger partial charge in [-0.3, -0.25) is 4.79 Å². The number of benzene rings is 3. The van der Waals surface area contributed by atoms with Gasteiger partial charge in [-0.15, -0.1) is 0 Å². The minimum atomic E-state index is 0.0992. The molecular weight excluding hydrogens is 318 g/mol. The molecule has 0 saturated heterocycles. The molecule has 0 aliphatic heterocycles. The first-order valence-corrected chi connectivity index (χ1v) is 8.78.